The number of amides is 1. The number of rotatable bonds is 3. The number of nitrogens with one attached hydrogen (secondary N) is 1. The summed E-state index contributed by atoms with van der Waals surface area (Å²) in [4.78, 5) is 11.6. The Morgan fingerprint density at radius 2 is 2.11 bits per heavy atom. The zero-order chi connectivity index (χ0) is 13.3. The van der Waals surface area contributed by atoms with Gasteiger partial charge in [0.05, 0.1) is 6.42 Å². The highest BCUT2D eigenvalue weighted by atomic mass is 79.9. The molecule has 2 rings (SSSR count). The number of carbonyl (C=O) groups is 1. The summed E-state index contributed by atoms with van der Waals surface area (Å²) >= 11 is 3.18. The predicted octanol–water partition coefficient (Wildman–Crippen LogP) is 3.04. The highest BCUT2D eigenvalue weighted by Crippen LogP contribution is 2.37. The van der Waals surface area contributed by atoms with E-state index < -0.39 is 23.7 Å². The third-order valence-corrected chi connectivity index (χ3v) is 3.31. The summed E-state index contributed by atoms with van der Waals surface area (Å²) in [5.74, 6) is -3.58. The molecule has 1 aromatic rings. The molecule has 1 saturated carbocycles. The van der Waals surface area contributed by atoms with E-state index in [4.69, 9.17) is 0 Å². The standard InChI is InChI=1S/C12H11BrF3NO/c13-8-1-2-10(14)7(3-8)4-11(18)17-9-5-12(15,16)6-9/h1-3,9H,4-6H2,(H,17,18). The van der Waals surface area contributed by atoms with Crippen LogP contribution in [-0.2, 0) is 11.2 Å². The number of carbonyl (C=O) groups excluding carboxylic acids is 1. The lowest BCUT2D eigenvalue weighted by Crippen LogP contribution is -2.50. The SMILES string of the molecule is O=C(Cc1cc(Br)ccc1F)NC1CC(F)(F)C1. The van der Waals surface area contributed by atoms with Gasteiger partial charge in [0.15, 0.2) is 0 Å². The van der Waals surface area contributed by atoms with E-state index in [9.17, 15) is 18.0 Å². The molecule has 0 spiro atoms. The second-order valence-electron chi connectivity index (χ2n) is 4.44. The van der Waals surface area contributed by atoms with Crippen LogP contribution in [0.5, 0.6) is 0 Å². The minimum absolute atomic E-state index is 0.145. The molecule has 0 bridgehead atoms. The zero-order valence-corrected chi connectivity index (χ0v) is 10.9. The molecule has 1 aromatic carbocycles. The number of hydrogen-bond acceptors (Lipinski definition) is 1. The molecule has 0 radical (unpaired) electrons. The van der Waals surface area contributed by atoms with E-state index in [1.165, 1.54) is 18.2 Å². The normalized spacial score (nSPS) is 18.2. The Hall–Kier alpha value is -1.04. The summed E-state index contributed by atoms with van der Waals surface area (Å²) in [7, 11) is 0. The fourth-order valence-electron chi connectivity index (χ4n) is 1.89. The Kier molecular flexibility index (Phi) is 3.66. The first-order chi connectivity index (χ1) is 8.35. The van der Waals surface area contributed by atoms with Crippen LogP contribution in [0.25, 0.3) is 0 Å². The highest BCUT2D eigenvalue weighted by Gasteiger charge is 2.45. The van der Waals surface area contributed by atoms with E-state index in [1.54, 1.807) is 0 Å². The molecular formula is C12H11BrF3NO. The van der Waals surface area contributed by atoms with Crippen molar-refractivity contribution < 1.29 is 18.0 Å². The lowest BCUT2D eigenvalue weighted by molar-refractivity contribution is -0.128. The molecular weight excluding hydrogens is 311 g/mol. The van der Waals surface area contributed by atoms with Crippen LogP contribution < -0.4 is 5.32 Å². The van der Waals surface area contributed by atoms with Crippen LogP contribution in [0.4, 0.5) is 13.2 Å². The van der Waals surface area contributed by atoms with Crippen molar-refractivity contribution in [1.82, 2.24) is 5.32 Å². The van der Waals surface area contributed by atoms with Gasteiger partial charge in [0.25, 0.3) is 5.92 Å². The molecule has 98 valence electrons. The summed E-state index contributed by atoms with van der Waals surface area (Å²) in [6, 6.07) is 3.79. The maximum absolute atomic E-state index is 13.4. The predicted molar refractivity (Wildman–Crippen MR) is 63.9 cm³/mol. The topological polar surface area (TPSA) is 29.1 Å². The van der Waals surface area contributed by atoms with Gasteiger partial charge in [0.2, 0.25) is 5.91 Å². The first-order valence-electron chi connectivity index (χ1n) is 5.47. The lowest BCUT2D eigenvalue weighted by Gasteiger charge is -2.35. The zero-order valence-electron chi connectivity index (χ0n) is 9.35. The Bertz CT molecular complexity index is 470. The van der Waals surface area contributed by atoms with Gasteiger partial charge in [-0.2, -0.15) is 0 Å². The molecule has 0 saturated heterocycles. The van der Waals surface area contributed by atoms with Crippen molar-refractivity contribution in [2.45, 2.75) is 31.2 Å². The Labute approximate surface area is 111 Å². The summed E-state index contributed by atoms with van der Waals surface area (Å²) in [5.41, 5.74) is 0.243. The van der Waals surface area contributed by atoms with E-state index in [2.05, 4.69) is 21.2 Å². The van der Waals surface area contributed by atoms with Gasteiger partial charge in [0.1, 0.15) is 5.82 Å². The van der Waals surface area contributed by atoms with E-state index in [0.29, 0.717) is 4.47 Å². The molecule has 1 amide bonds. The first kappa shape index (κ1) is 13.4. The van der Waals surface area contributed by atoms with Crippen LogP contribution >= 0.6 is 15.9 Å². The molecule has 0 aromatic heterocycles. The van der Waals surface area contributed by atoms with Gasteiger partial charge in [-0.05, 0) is 23.8 Å². The van der Waals surface area contributed by atoms with Crippen LogP contribution in [0, 0.1) is 5.82 Å². The minimum atomic E-state index is -2.67. The van der Waals surface area contributed by atoms with Crippen molar-refractivity contribution in [3.8, 4) is 0 Å². The van der Waals surface area contributed by atoms with Gasteiger partial charge >= 0.3 is 0 Å². The number of halogens is 4. The van der Waals surface area contributed by atoms with E-state index in [1.807, 2.05) is 0 Å². The monoisotopic (exact) mass is 321 g/mol. The van der Waals surface area contributed by atoms with Crippen molar-refractivity contribution >= 4 is 21.8 Å². The molecule has 1 aliphatic carbocycles. The average molecular weight is 322 g/mol. The smallest absolute Gasteiger partial charge is 0.252 e. The van der Waals surface area contributed by atoms with E-state index in [0.717, 1.165) is 0 Å². The minimum Gasteiger partial charge on any atom is -0.353 e. The van der Waals surface area contributed by atoms with Crippen LogP contribution in [0.2, 0.25) is 0 Å². The van der Waals surface area contributed by atoms with Gasteiger partial charge in [-0.15, -0.1) is 0 Å². The fraction of sp³-hybridized carbons (Fsp3) is 0.417. The van der Waals surface area contributed by atoms with Crippen LogP contribution in [0.1, 0.15) is 18.4 Å². The lowest BCUT2D eigenvalue weighted by atomic mass is 9.88. The Morgan fingerprint density at radius 3 is 2.72 bits per heavy atom. The van der Waals surface area contributed by atoms with Gasteiger partial charge in [-0.25, -0.2) is 13.2 Å². The number of hydrogen-bond donors (Lipinski definition) is 1. The van der Waals surface area contributed by atoms with Crippen molar-refractivity contribution in [2.75, 3.05) is 0 Å². The largest absolute Gasteiger partial charge is 0.353 e. The molecule has 1 N–H and O–H groups in total. The summed E-state index contributed by atoms with van der Waals surface area (Å²) < 4.78 is 39.2. The van der Waals surface area contributed by atoms with Crippen LogP contribution in [0.3, 0.4) is 0 Å². The third kappa shape index (κ3) is 3.25. The molecule has 0 aliphatic heterocycles. The van der Waals surface area contributed by atoms with Crippen molar-refractivity contribution in [2.24, 2.45) is 0 Å². The molecule has 1 fully saturated rings. The van der Waals surface area contributed by atoms with Crippen molar-refractivity contribution in [3.63, 3.8) is 0 Å². The van der Waals surface area contributed by atoms with Gasteiger partial charge in [0, 0.05) is 23.4 Å². The van der Waals surface area contributed by atoms with Crippen molar-refractivity contribution in [3.05, 3.63) is 34.1 Å². The first-order valence-corrected chi connectivity index (χ1v) is 6.26. The van der Waals surface area contributed by atoms with Crippen LogP contribution in [-0.4, -0.2) is 17.9 Å². The second-order valence-corrected chi connectivity index (χ2v) is 5.36. The molecule has 0 atom stereocenters. The second kappa shape index (κ2) is 4.91. The van der Waals surface area contributed by atoms with E-state index >= 15 is 0 Å². The molecule has 6 heteroatoms. The van der Waals surface area contributed by atoms with Crippen LogP contribution in [0.15, 0.2) is 22.7 Å². The maximum Gasteiger partial charge on any atom is 0.252 e. The molecule has 0 heterocycles. The fourth-order valence-corrected chi connectivity index (χ4v) is 2.30. The Morgan fingerprint density at radius 1 is 1.44 bits per heavy atom. The van der Waals surface area contributed by atoms with Gasteiger partial charge in [-0.1, -0.05) is 15.9 Å². The quantitative estimate of drug-likeness (QED) is 0.911. The highest BCUT2D eigenvalue weighted by molar-refractivity contribution is 9.10. The molecule has 1 aliphatic rings. The maximum atomic E-state index is 13.4. The summed E-state index contributed by atoms with van der Waals surface area (Å²) in [6.07, 6.45) is -0.813. The molecule has 0 unspecified atom stereocenters. The third-order valence-electron chi connectivity index (χ3n) is 2.81. The number of alkyl halides is 2. The summed E-state index contributed by atoms with van der Waals surface area (Å²) in [6.45, 7) is 0. The Balaban J connectivity index is 1.90. The van der Waals surface area contributed by atoms with E-state index in [-0.39, 0.29) is 24.8 Å². The molecule has 2 nitrogen and oxygen atoms in total. The van der Waals surface area contributed by atoms with Crippen molar-refractivity contribution in [1.29, 1.82) is 0 Å². The average Bonchev–Trinajstić information content (AvgIpc) is 2.20. The van der Waals surface area contributed by atoms with Gasteiger partial charge < -0.3 is 5.32 Å². The summed E-state index contributed by atoms with van der Waals surface area (Å²) in [5, 5.41) is 2.47. The number of benzene rings is 1. The van der Waals surface area contributed by atoms with Gasteiger partial charge in [-0.3, -0.25) is 4.79 Å². The molecule has 18 heavy (non-hydrogen) atoms.